The summed E-state index contributed by atoms with van der Waals surface area (Å²) in [5, 5.41) is 3.27. The topological polar surface area (TPSA) is 94.8 Å². The number of carbonyl (C=O) groups is 2. The van der Waals surface area contributed by atoms with Crippen LogP contribution < -0.4 is 15.7 Å². The Bertz CT molecular complexity index is 1210. The lowest BCUT2D eigenvalue weighted by atomic mass is 10.1. The molecule has 1 saturated heterocycles. The second kappa shape index (κ2) is 8.73. The van der Waals surface area contributed by atoms with E-state index in [1.165, 1.54) is 12.1 Å². The highest BCUT2D eigenvalue weighted by Crippen LogP contribution is 2.22. The van der Waals surface area contributed by atoms with Crippen LogP contribution in [0.2, 0.25) is 0 Å². The molecule has 1 fully saturated rings. The van der Waals surface area contributed by atoms with Crippen LogP contribution in [0, 0.1) is 13.8 Å². The molecular weight excluding hydrogens is 398 g/mol. The van der Waals surface area contributed by atoms with Crippen LogP contribution in [0.5, 0.6) is 5.75 Å². The summed E-state index contributed by atoms with van der Waals surface area (Å²) in [7, 11) is 0. The van der Waals surface area contributed by atoms with Crippen LogP contribution in [-0.2, 0) is 4.74 Å². The lowest BCUT2D eigenvalue weighted by molar-refractivity contribution is 0.0734. The fourth-order valence-corrected chi connectivity index (χ4v) is 3.45. The van der Waals surface area contributed by atoms with Crippen molar-refractivity contribution in [3.8, 4) is 5.75 Å². The highest BCUT2D eigenvalue weighted by atomic mass is 16.5. The molecule has 1 N–H and O–H groups in total. The molecule has 2 heterocycles. The molecule has 0 bridgehead atoms. The Balaban J connectivity index is 1.50. The summed E-state index contributed by atoms with van der Waals surface area (Å²) in [5.74, 6) is -0.763. The maximum atomic E-state index is 12.4. The maximum absolute atomic E-state index is 12.4. The molecule has 7 heteroatoms. The van der Waals surface area contributed by atoms with E-state index in [0.29, 0.717) is 24.1 Å². The third-order valence-electron chi connectivity index (χ3n) is 5.42. The van der Waals surface area contributed by atoms with Gasteiger partial charge in [0.15, 0.2) is 0 Å². The standard InChI is InChI=1S/C24H23NO6/c1-14-5-6-17(10-15(14)2)23(27)30-18-8-7-16-11-20(24(28)31-21(16)12-18)22(26)25-13-19-4-3-9-29-19/h5-8,10-12,19H,3-4,9,13H2,1-2H3,(H,25,26). The van der Waals surface area contributed by atoms with E-state index in [1.54, 1.807) is 24.3 Å². The number of esters is 1. The van der Waals surface area contributed by atoms with Crippen LogP contribution in [0.25, 0.3) is 11.0 Å². The molecule has 0 saturated carbocycles. The van der Waals surface area contributed by atoms with E-state index in [2.05, 4.69) is 5.32 Å². The molecule has 0 radical (unpaired) electrons. The second-order valence-corrected chi connectivity index (χ2v) is 7.68. The van der Waals surface area contributed by atoms with E-state index in [9.17, 15) is 14.4 Å². The Morgan fingerprint density at radius 1 is 1.10 bits per heavy atom. The summed E-state index contributed by atoms with van der Waals surface area (Å²) in [6.07, 6.45) is 1.83. The number of fused-ring (bicyclic) bond motifs is 1. The average Bonchev–Trinajstić information content (AvgIpc) is 3.27. The van der Waals surface area contributed by atoms with Gasteiger partial charge in [0.2, 0.25) is 0 Å². The van der Waals surface area contributed by atoms with Gasteiger partial charge in [-0.25, -0.2) is 9.59 Å². The van der Waals surface area contributed by atoms with Crippen LogP contribution >= 0.6 is 0 Å². The van der Waals surface area contributed by atoms with Crippen molar-refractivity contribution in [1.29, 1.82) is 0 Å². The number of carbonyl (C=O) groups excluding carboxylic acids is 2. The molecule has 0 spiro atoms. The molecule has 2 aromatic carbocycles. The van der Waals surface area contributed by atoms with Crippen molar-refractivity contribution in [3.05, 3.63) is 75.1 Å². The average molecular weight is 421 g/mol. The Morgan fingerprint density at radius 3 is 2.68 bits per heavy atom. The van der Waals surface area contributed by atoms with E-state index in [1.807, 2.05) is 19.9 Å². The number of benzene rings is 2. The number of hydrogen-bond acceptors (Lipinski definition) is 6. The van der Waals surface area contributed by atoms with Crippen molar-refractivity contribution in [2.45, 2.75) is 32.8 Å². The minimum Gasteiger partial charge on any atom is -0.423 e. The van der Waals surface area contributed by atoms with Gasteiger partial charge in [0.05, 0.1) is 11.7 Å². The third kappa shape index (κ3) is 4.67. The third-order valence-corrected chi connectivity index (χ3v) is 5.42. The summed E-state index contributed by atoms with van der Waals surface area (Å²) in [6.45, 7) is 4.93. The minimum absolute atomic E-state index is 0.0222. The van der Waals surface area contributed by atoms with Crippen LogP contribution in [0.15, 0.2) is 51.7 Å². The van der Waals surface area contributed by atoms with Gasteiger partial charge in [0.25, 0.3) is 5.91 Å². The molecule has 1 unspecified atom stereocenters. The van der Waals surface area contributed by atoms with Gasteiger partial charge in [-0.2, -0.15) is 0 Å². The Kier molecular flexibility index (Phi) is 5.86. The lowest BCUT2D eigenvalue weighted by Gasteiger charge is -2.10. The van der Waals surface area contributed by atoms with Crippen molar-refractivity contribution in [2.24, 2.45) is 0 Å². The van der Waals surface area contributed by atoms with Crippen molar-refractivity contribution >= 4 is 22.8 Å². The lowest BCUT2D eigenvalue weighted by Crippen LogP contribution is -2.34. The molecule has 1 atom stereocenters. The summed E-state index contributed by atoms with van der Waals surface area (Å²) < 4.78 is 16.2. The summed E-state index contributed by atoms with van der Waals surface area (Å²) in [4.78, 5) is 37.1. The summed E-state index contributed by atoms with van der Waals surface area (Å²) in [6, 6.07) is 11.5. The largest absolute Gasteiger partial charge is 0.423 e. The van der Waals surface area contributed by atoms with Gasteiger partial charge < -0.3 is 19.2 Å². The molecule has 0 aliphatic carbocycles. The van der Waals surface area contributed by atoms with Gasteiger partial charge in [-0.1, -0.05) is 6.07 Å². The fourth-order valence-electron chi connectivity index (χ4n) is 3.45. The zero-order valence-electron chi connectivity index (χ0n) is 17.4. The van der Waals surface area contributed by atoms with E-state index in [0.717, 1.165) is 24.0 Å². The first-order valence-corrected chi connectivity index (χ1v) is 10.2. The smallest absolute Gasteiger partial charge is 0.349 e. The van der Waals surface area contributed by atoms with Gasteiger partial charge >= 0.3 is 11.6 Å². The van der Waals surface area contributed by atoms with Crippen molar-refractivity contribution in [2.75, 3.05) is 13.2 Å². The normalized spacial score (nSPS) is 15.7. The minimum atomic E-state index is -0.755. The molecule has 1 aliphatic heterocycles. The monoisotopic (exact) mass is 421 g/mol. The number of hydrogen-bond donors (Lipinski definition) is 1. The molecule has 1 aliphatic rings. The Morgan fingerprint density at radius 2 is 1.94 bits per heavy atom. The van der Waals surface area contributed by atoms with E-state index in [-0.39, 0.29) is 23.0 Å². The summed E-state index contributed by atoms with van der Waals surface area (Å²) >= 11 is 0. The van der Waals surface area contributed by atoms with Gasteiger partial charge in [0.1, 0.15) is 16.9 Å². The zero-order valence-corrected chi connectivity index (χ0v) is 17.4. The Labute approximate surface area is 179 Å². The van der Waals surface area contributed by atoms with Crippen LogP contribution in [-0.4, -0.2) is 31.1 Å². The number of aryl methyl sites for hydroxylation is 2. The first-order valence-electron chi connectivity index (χ1n) is 10.2. The van der Waals surface area contributed by atoms with Crippen molar-refractivity contribution in [3.63, 3.8) is 0 Å². The van der Waals surface area contributed by atoms with E-state index in [4.69, 9.17) is 13.9 Å². The van der Waals surface area contributed by atoms with Gasteiger partial charge in [-0.3, -0.25) is 4.79 Å². The van der Waals surface area contributed by atoms with E-state index < -0.39 is 17.5 Å². The quantitative estimate of drug-likeness (QED) is 0.385. The molecule has 7 nitrogen and oxygen atoms in total. The van der Waals surface area contributed by atoms with Crippen molar-refractivity contribution < 1.29 is 23.5 Å². The number of ether oxygens (including phenoxy) is 2. The molecule has 4 rings (SSSR count). The first kappa shape index (κ1) is 20.8. The molecule has 160 valence electrons. The van der Waals surface area contributed by atoms with Gasteiger partial charge in [-0.15, -0.1) is 0 Å². The highest BCUT2D eigenvalue weighted by Gasteiger charge is 2.19. The van der Waals surface area contributed by atoms with Gasteiger partial charge in [-0.05, 0) is 68.1 Å². The number of nitrogens with one attached hydrogen (secondary N) is 1. The maximum Gasteiger partial charge on any atom is 0.349 e. The van der Waals surface area contributed by atoms with Crippen molar-refractivity contribution in [1.82, 2.24) is 5.32 Å². The number of amides is 1. The molecule has 1 aromatic heterocycles. The summed E-state index contributed by atoms with van der Waals surface area (Å²) in [5.41, 5.74) is 1.90. The van der Waals surface area contributed by atoms with Gasteiger partial charge in [0, 0.05) is 24.6 Å². The Hall–Kier alpha value is -3.45. The zero-order chi connectivity index (χ0) is 22.0. The fraction of sp³-hybridized carbons (Fsp3) is 0.292. The second-order valence-electron chi connectivity index (χ2n) is 7.68. The molecule has 3 aromatic rings. The first-order chi connectivity index (χ1) is 14.9. The molecule has 1 amide bonds. The molecular formula is C24H23NO6. The molecule has 31 heavy (non-hydrogen) atoms. The predicted octanol–water partition coefficient (Wildman–Crippen LogP) is 3.54. The van der Waals surface area contributed by atoms with Crippen LogP contribution in [0.3, 0.4) is 0 Å². The van der Waals surface area contributed by atoms with Crippen LogP contribution in [0.1, 0.15) is 44.7 Å². The van der Waals surface area contributed by atoms with Crippen LogP contribution in [0.4, 0.5) is 0 Å². The predicted molar refractivity (Wildman–Crippen MR) is 115 cm³/mol. The number of rotatable bonds is 5. The highest BCUT2D eigenvalue weighted by molar-refractivity contribution is 5.97. The SMILES string of the molecule is Cc1ccc(C(=O)Oc2ccc3cc(C(=O)NCC4CCCO4)c(=O)oc3c2)cc1C. The van der Waals surface area contributed by atoms with E-state index >= 15 is 0 Å².